The Morgan fingerprint density at radius 3 is 2.79 bits per heavy atom. The van der Waals surface area contributed by atoms with Gasteiger partial charge in [0.25, 0.3) is 5.91 Å². The predicted octanol–water partition coefficient (Wildman–Crippen LogP) is 2.96. The third kappa shape index (κ3) is 3.62. The molecule has 24 heavy (non-hydrogen) atoms. The van der Waals surface area contributed by atoms with Gasteiger partial charge in [0.05, 0.1) is 13.2 Å². The van der Waals surface area contributed by atoms with Crippen molar-refractivity contribution < 1.29 is 19.0 Å². The van der Waals surface area contributed by atoms with E-state index in [0.717, 1.165) is 17.1 Å². The Kier molecular flexibility index (Phi) is 4.89. The van der Waals surface area contributed by atoms with Crippen LogP contribution in [0, 0.1) is 6.92 Å². The normalized spacial score (nSPS) is 15.7. The summed E-state index contributed by atoms with van der Waals surface area (Å²) in [5, 5.41) is 2.89. The zero-order valence-corrected chi connectivity index (χ0v) is 13.9. The molecule has 0 spiro atoms. The lowest BCUT2D eigenvalue weighted by molar-refractivity contribution is 0.0789. The number of nitrogens with one attached hydrogen (secondary N) is 1. The minimum Gasteiger partial charge on any atom is -0.494 e. The molecule has 0 bridgehead atoms. The first-order chi connectivity index (χ1) is 11.7. The van der Waals surface area contributed by atoms with Gasteiger partial charge in [-0.25, -0.2) is 0 Å². The molecular weight excluding hydrogens is 306 g/mol. The minimum absolute atomic E-state index is 0.136. The number of carbonyl (C=O) groups excluding carboxylic acids is 1. The van der Waals surface area contributed by atoms with Crippen LogP contribution in [-0.2, 0) is 0 Å². The number of hydrogen-bond donors (Lipinski definition) is 1. The van der Waals surface area contributed by atoms with Gasteiger partial charge in [-0.3, -0.25) is 4.79 Å². The molecule has 1 unspecified atom stereocenters. The molecule has 1 aliphatic heterocycles. The summed E-state index contributed by atoms with van der Waals surface area (Å²) in [7, 11) is 0. The highest BCUT2D eigenvalue weighted by Crippen LogP contribution is 2.30. The van der Waals surface area contributed by atoms with Gasteiger partial charge in [0, 0.05) is 5.56 Å². The van der Waals surface area contributed by atoms with Crippen LogP contribution in [0.5, 0.6) is 17.2 Å². The highest BCUT2D eigenvalue weighted by molar-refractivity contribution is 5.94. The third-order valence-electron chi connectivity index (χ3n) is 3.79. The lowest BCUT2D eigenvalue weighted by atomic mass is 10.1. The number of aryl methyl sites for hydroxylation is 1. The lowest BCUT2D eigenvalue weighted by Crippen LogP contribution is -2.40. The molecular formula is C19H21NO4. The van der Waals surface area contributed by atoms with E-state index >= 15 is 0 Å². The van der Waals surface area contributed by atoms with Crippen LogP contribution >= 0.6 is 0 Å². The van der Waals surface area contributed by atoms with Crippen molar-refractivity contribution in [1.82, 2.24) is 5.32 Å². The zero-order chi connectivity index (χ0) is 16.9. The van der Waals surface area contributed by atoms with E-state index in [0.29, 0.717) is 31.1 Å². The maximum absolute atomic E-state index is 12.3. The topological polar surface area (TPSA) is 56.8 Å². The summed E-state index contributed by atoms with van der Waals surface area (Å²) in [5.41, 5.74) is 1.55. The van der Waals surface area contributed by atoms with Crippen LogP contribution in [0.15, 0.2) is 42.5 Å². The number of ether oxygens (including phenoxy) is 3. The summed E-state index contributed by atoms with van der Waals surface area (Å²) in [6.45, 7) is 5.27. The second-order valence-corrected chi connectivity index (χ2v) is 5.62. The predicted molar refractivity (Wildman–Crippen MR) is 91.0 cm³/mol. The van der Waals surface area contributed by atoms with Crippen LogP contribution < -0.4 is 19.5 Å². The van der Waals surface area contributed by atoms with E-state index in [-0.39, 0.29) is 12.0 Å². The summed E-state index contributed by atoms with van der Waals surface area (Å²) in [5.74, 6) is 2.11. The van der Waals surface area contributed by atoms with E-state index < -0.39 is 0 Å². The average molecular weight is 327 g/mol. The molecule has 1 amide bonds. The van der Waals surface area contributed by atoms with Crippen LogP contribution in [0.1, 0.15) is 22.8 Å². The van der Waals surface area contributed by atoms with E-state index in [2.05, 4.69) is 5.32 Å². The standard InChI is InChI=1S/C19H21NO4/c1-3-22-16-9-8-14(10-13(16)2)19(21)20-11-15-12-23-17-6-4-5-7-18(17)24-15/h4-10,15H,3,11-12H2,1-2H3,(H,20,21). The van der Waals surface area contributed by atoms with Crippen LogP contribution in [-0.4, -0.2) is 31.8 Å². The molecule has 0 fully saturated rings. The van der Waals surface area contributed by atoms with Crippen molar-refractivity contribution in [2.45, 2.75) is 20.0 Å². The number of fused-ring (bicyclic) bond motifs is 1. The number of hydrogen-bond acceptors (Lipinski definition) is 4. The number of carbonyl (C=O) groups is 1. The van der Waals surface area contributed by atoms with Gasteiger partial charge in [-0.1, -0.05) is 12.1 Å². The maximum atomic E-state index is 12.3. The Balaban J connectivity index is 1.57. The molecule has 126 valence electrons. The largest absolute Gasteiger partial charge is 0.494 e. The molecule has 2 aromatic carbocycles. The van der Waals surface area contributed by atoms with Crippen molar-refractivity contribution >= 4 is 5.91 Å². The van der Waals surface area contributed by atoms with Crippen molar-refractivity contribution in [2.24, 2.45) is 0 Å². The van der Waals surface area contributed by atoms with Crippen LogP contribution in [0.3, 0.4) is 0 Å². The summed E-state index contributed by atoms with van der Waals surface area (Å²) < 4.78 is 17.0. The Hall–Kier alpha value is -2.69. The van der Waals surface area contributed by atoms with Gasteiger partial charge in [0.1, 0.15) is 18.5 Å². The number of amides is 1. The van der Waals surface area contributed by atoms with E-state index in [4.69, 9.17) is 14.2 Å². The van der Waals surface area contributed by atoms with Crippen molar-refractivity contribution in [3.8, 4) is 17.2 Å². The fourth-order valence-electron chi connectivity index (χ4n) is 2.58. The van der Waals surface area contributed by atoms with Gasteiger partial charge in [-0.15, -0.1) is 0 Å². The number of rotatable bonds is 5. The maximum Gasteiger partial charge on any atom is 0.251 e. The highest BCUT2D eigenvalue weighted by atomic mass is 16.6. The van der Waals surface area contributed by atoms with E-state index in [1.165, 1.54) is 0 Å². The van der Waals surface area contributed by atoms with E-state index in [9.17, 15) is 4.79 Å². The monoisotopic (exact) mass is 327 g/mol. The van der Waals surface area contributed by atoms with Gasteiger partial charge >= 0.3 is 0 Å². The molecule has 2 aromatic rings. The molecule has 1 atom stereocenters. The van der Waals surface area contributed by atoms with Gasteiger partial charge in [0.2, 0.25) is 0 Å². The van der Waals surface area contributed by atoms with E-state index in [1.54, 1.807) is 6.07 Å². The average Bonchev–Trinajstić information content (AvgIpc) is 2.61. The second kappa shape index (κ2) is 7.25. The molecule has 0 saturated carbocycles. The smallest absolute Gasteiger partial charge is 0.251 e. The van der Waals surface area contributed by atoms with Crippen molar-refractivity contribution in [3.63, 3.8) is 0 Å². The second-order valence-electron chi connectivity index (χ2n) is 5.62. The van der Waals surface area contributed by atoms with Gasteiger partial charge in [0.15, 0.2) is 11.5 Å². The van der Waals surface area contributed by atoms with Crippen molar-refractivity contribution in [3.05, 3.63) is 53.6 Å². The molecule has 0 saturated heterocycles. The SMILES string of the molecule is CCOc1ccc(C(=O)NCC2COc3ccccc3O2)cc1C. The number of para-hydroxylation sites is 2. The Morgan fingerprint density at radius 2 is 2.04 bits per heavy atom. The van der Waals surface area contributed by atoms with Gasteiger partial charge < -0.3 is 19.5 Å². The van der Waals surface area contributed by atoms with Gasteiger partial charge in [-0.05, 0) is 49.7 Å². The molecule has 5 heteroatoms. The third-order valence-corrected chi connectivity index (χ3v) is 3.79. The first kappa shape index (κ1) is 16.2. The summed E-state index contributed by atoms with van der Waals surface area (Å²) in [4.78, 5) is 12.3. The quantitative estimate of drug-likeness (QED) is 0.917. The summed E-state index contributed by atoms with van der Waals surface area (Å²) >= 11 is 0. The molecule has 1 N–H and O–H groups in total. The van der Waals surface area contributed by atoms with Crippen LogP contribution in [0.2, 0.25) is 0 Å². The Bertz CT molecular complexity index is 729. The number of benzene rings is 2. The zero-order valence-electron chi connectivity index (χ0n) is 13.9. The first-order valence-electron chi connectivity index (χ1n) is 8.07. The highest BCUT2D eigenvalue weighted by Gasteiger charge is 2.21. The molecule has 0 radical (unpaired) electrons. The molecule has 1 aliphatic rings. The Labute approximate surface area is 141 Å². The van der Waals surface area contributed by atoms with Crippen molar-refractivity contribution in [2.75, 3.05) is 19.8 Å². The van der Waals surface area contributed by atoms with Crippen molar-refractivity contribution in [1.29, 1.82) is 0 Å². The Morgan fingerprint density at radius 1 is 1.25 bits per heavy atom. The van der Waals surface area contributed by atoms with Crippen LogP contribution in [0.4, 0.5) is 0 Å². The minimum atomic E-state index is -0.201. The molecule has 3 rings (SSSR count). The lowest BCUT2D eigenvalue weighted by Gasteiger charge is -2.26. The van der Waals surface area contributed by atoms with E-state index in [1.807, 2.05) is 50.2 Å². The molecule has 1 heterocycles. The summed E-state index contributed by atoms with van der Waals surface area (Å²) in [6.07, 6.45) is -0.201. The summed E-state index contributed by atoms with van der Waals surface area (Å²) in [6, 6.07) is 12.9. The fourth-order valence-corrected chi connectivity index (χ4v) is 2.58. The fraction of sp³-hybridized carbons (Fsp3) is 0.316. The van der Waals surface area contributed by atoms with Crippen LogP contribution in [0.25, 0.3) is 0 Å². The molecule has 5 nitrogen and oxygen atoms in total. The van der Waals surface area contributed by atoms with Gasteiger partial charge in [-0.2, -0.15) is 0 Å². The molecule has 0 aliphatic carbocycles. The molecule has 0 aromatic heterocycles. The first-order valence-corrected chi connectivity index (χ1v) is 8.07.